The van der Waals surface area contributed by atoms with E-state index in [1.807, 2.05) is 0 Å². The molecule has 2 atom stereocenters. The second-order valence-electron chi connectivity index (χ2n) is 4.85. The van der Waals surface area contributed by atoms with Crippen LogP contribution in [0, 0.1) is 17.6 Å². The van der Waals surface area contributed by atoms with Gasteiger partial charge in [0, 0.05) is 12.0 Å². The van der Waals surface area contributed by atoms with Crippen LogP contribution in [0.4, 0.5) is 22.7 Å². The number of rotatable bonds is 4. The van der Waals surface area contributed by atoms with Crippen LogP contribution in [0.1, 0.15) is 29.3 Å². The predicted octanol–water partition coefficient (Wildman–Crippen LogP) is 3.50. The number of carbonyl (C=O) groups excluding carboxylic acids is 1. The second-order valence-corrected chi connectivity index (χ2v) is 5.86. The van der Waals surface area contributed by atoms with Crippen LogP contribution in [0.3, 0.4) is 0 Å². The van der Waals surface area contributed by atoms with Gasteiger partial charge in [-0.1, -0.05) is 17.4 Å². The number of alkyl halides is 2. The summed E-state index contributed by atoms with van der Waals surface area (Å²) in [5.41, 5.74) is 0.270. The Hall–Kier alpha value is -2.03. The minimum atomic E-state index is -2.75. The van der Waals surface area contributed by atoms with Crippen molar-refractivity contribution in [2.45, 2.75) is 18.8 Å². The Kier molecular flexibility index (Phi) is 3.81. The molecule has 1 aliphatic carbocycles. The van der Waals surface area contributed by atoms with Crippen LogP contribution in [0.25, 0.3) is 0 Å². The van der Waals surface area contributed by atoms with Crippen LogP contribution in [0.15, 0.2) is 18.2 Å². The number of benzene rings is 1. The summed E-state index contributed by atoms with van der Waals surface area (Å²) in [5.74, 6) is -2.65. The fraction of sp³-hybridized carbons (Fsp3) is 0.308. The fourth-order valence-electron chi connectivity index (χ4n) is 2.20. The standard InChI is InChI=1S/C13H9F4N3OS/c14-5-1-2-6(9(15)3-5)7-4-8(7)11(21)18-13-20-19-12(22-13)10(16)17/h1-3,7-8,10H,4H2,(H,18,20,21). The summed E-state index contributed by atoms with van der Waals surface area (Å²) in [6.07, 6.45) is -2.33. The summed E-state index contributed by atoms with van der Waals surface area (Å²) < 4.78 is 51.2. The number of amides is 1. The number of hydrogen-bond donors (Lipinski definition) is 1. The maximum Gasteiger partial charge on any atom is 0.291 e. The van der Waals surface area contributed by atoms with E-state index in [0.29, 0.717) is 17.8 Å². The molecule has 1 fully saturated rings. The van der Waals surface area contributed by atoms with Crippen LogP contribution in [0.2, 0.25) is 0 Å². The van der Waals surface area contributed by atoms with Crippen molar-refractivity contribution in [1.29, 1.82) is 0 Å². The maximum atomic E-state index is 13.6. The van der Waals surface area contributed by atoms with Crippen LogP contribution >= 0.6 is 11.3 Å². The van der Waals surface area contributed by atoms with E-state index >= 15 is 0 Å². The number of hydrogen-bond acceptors (Lipinski definition) is 4. The van der Waals surface area contributed by atoms with Gasteiger partial charge in [0.1, 0.15) is 11.6 Å². The molecule has 3 rings (SSSR count). The molecule has 2 aromatic rings. The first-order chi connectivity index (χ1) is 10.5. The molecule has 1 saturated carbocycles. The number of nitrogens with one attached hydrogen (secondary N) is 1. The van der Waals surface area contributed by atoms with Crippen LogP contribution in [-0.2, 0) is 4.79 Å². The molecule has 1 aromatic heterocycles. The monoisotopic (exact) mass is 331 g/mol. The van der Waals surface area contributed by atoms with Gasteiger partial charge in [0.05, 0.1) is 0 Å². The molecule has 0 aliphatic heterocycles. The zero-order valence-electron chi connectivity index (χ0n) is 10.9. The molecule has 0 bridgehead atoms. The van der Waals surface area contributed by atoms with E-state index in [-0.39, 0.29) is 16.6 Å². The van der Waals surface area contributed by atoms with Gasteiger partial charge < -0.3 is 5.32 Å². The number of nitrogens with zero attached hydrogens (tertiary/aromatic N) is 2. The second kappa shape index (κ2) is 5.64. The summed E-state index contributed by atoms with van der Waals surface area (Å²) in [6, 6.07) is 3.20. The van der Waals surface area contributed by atoms with Crippen LogP contribution < -0.4 is 5.32 Å². The zero-order chi connectivity index (χ0) is 15.9. The first-order valence-electron chi connectivity index (χ1n) is 6.33. The van der Waals surface area contributed by atoms with E-state index in [0.717, 1.165) is 12.1 Å². The van der Waals surface area contributed by atoms with E-state index in [4.69, 9.17) is 0 Å². The van der Waals surface area contributed by atoms with Gasteiger partial charge in [0.25, 0.3) is 6.43 Å². The van der Waals surface area contributed by atoms with E-state index in [1.54, 1.807) is 0 Å². The molecule has 0 saturated heterocycles. The van der Waals surface area contributed by atoms with Crippen molar-refractivity contribution in [2.24, 2.45) is 5.92 Å². The lowest BCUT2D eigenvalue weighted by molar-refractivity contribution is -0.117. The highest BCUT2D eigenvalue weighted by molar-refractivity contribution is 7.15. The van der Waals surface area contributed by atoms with Gasteiger partial charge in [-0.15, -0.1) is 10.2 Å². The third kappa shape index (κ3) is 2.94. The largest absolute Gasteiger partial charge is 0.300 e. The first kappa shape index (κ1) is 14.9. The Morgan fingerprint density at radius 3 is 2.73 bits per heavy atom. The molecule has 2 unspecified atom stereocenters. The third-order valence-corrected chi connectivity index (χ3v) is 4.19. The van der Waals surface area contributed by atoms with Crippen molar-refractivity contribution < 1.29 is 22.4 Å². The Bertz CT molecular complexity index is 721. The summed E-state index contributed by atoms with van der Waals surface area (Å²) in [7, 11) is 0. The van der Waals surface area contributed by atoms with Crippen molar-refractivity contribution in [3.05, 3.63) is 40.4 Å². The third-order valence-electron chi connectivity index (χ3n) is 3.35. The van der Waals surface area contributed by atoms with E-state index in [9.17, 15) is 22.4 Å². The van der Waals surface area contributed by atoms with E-state index in [2.05, 4.69) is 15.5 Å². The Morgan fingerprint density at radius 2 is 2.09 bits per heavy atom. The lowest BCUT2D eigenvalue weighted by atomic mass is 10.1. The smallest absolute Gasteiger partial charge is 0.291 e. The van der Waals surface area contributed by atoms with Gasteiger partial charge >= 0.3 is 0 Å². The molecule has 1 aromatic carbocycles. The van der Waals surface area contributed by atoms with E-state index < -0.39 is 34.9 Å². The molecule has 1 N–H and O–H groups in total. The van der Waals surface area contributed by atoms with Gasteiger partial charge in [-0.2, -0.15) is 0 Å². The molecule has 22 heavy (non-hydrogen) atoms. The first-order valence-corrected chi connectivity index (χ1v) is 7.14. The number of halogens is 4. The summed E-state index contributed by atoms with van der Waals surface area (Å²) in [5, 5.41) is 8.58. The van der Waals surface area contributed by atoms with Gasteiger partial charge in [-0.25, -0.2) is 17.6 Å². The van der Waals surface area contributed by atoms with Crippen LogP contribution in [-0.4, -0.2) is 16.1 Å². The highest BCUT2D eigenvalue weighted by Crippen LogP contribution is 2.49. The predicted molar refractivity (Wildman–Crippen MR) is 70.7 cm³/mol. The summed E-state index contributed by atoms with van der Waals surface area (Å²) in [4.78, 5) is 12.0. The lowest BCUT2D eigenvalue weighted by Gasteiger charge is -2.03. The van der Waals surface area contributed by atoms with Crippen molar-refractivity contribution in [3.63, 3.8) is 0 Å². The SMILES string of the molecule is O=C(Nc1nnc(C(F)F)s1)C1CC1c1ccc(F)cc1F. The quantitative estimate of drug-likeness (QED) is 0.873. The normalized spacial score (nSPS) is 20.2. The molecule has 1 aliphatic rings. The van der Waals surface area contributed by atoms with Gasteiger partial charge in [0.15, 0.2) is 5.01 Å². The molecule has 0 spiro atoms. The van der Waals surface area contributed by atoms with Crippen LogP contribution in [0.5, 0.6) is 0 Å². The van der Waals surface area contributed by atoms with Crippen molar-refractivity contribution in [2.75, 3.05) is 5.32 Å². The van der Waals surface area contributed by atoms with Crippen molar-refractivity contribution in [1.82, 2.24) is 10.2 Å². The average Bonchev–Trinajstić information content (AvgIpc) is 3.10. The van der Waals surface area contributed by atoms with E-state index in [1.165, 1.54) is 6.07 Å². The zero-order valence-corrected chi connectivity index (χ0v) is 11.7. The Balaban J connectivity index is 1.65. The molecule has 0 radical (unpaired) electrons. The highest BCUT2D eigenvalue weighted by Gasteiger charge is 2.45. The fourth-order valence-corrected chi connectivity index (χ4v) is 2.80. The minimum Gasteiger partial charge on any atom is -0.300 e. The summed E-state index contributed by atoms with van der Waals surface area (Å²) in [6.45, 7) is 0. The topological polar surface area (TPSA) is 54.9 Å². The molecule has 116 valence electrons. The molecule has 9 heteroatoms. The Labute approximate surface area is 126 Å². The lowest BCUT2D eigenvalue weighted by Crippen LogP contribution is -2.14. The average molecular weight is 331 g/mol. The molecule has 1 heterocycles. The van der Waals surface area contributed by atoms with Crippen molar-refractivity contribution in [3.8, 4) is 0 Å². The summed E-state index contributed by atoms with van der Waals surface area (Å²) >= 11 is 0.589. The maximum absolute atomic E-state index is 13.6. The van der Waals surface area contributed by atoms with Gasteiger partial charge in [0.2, 0.25) is 11.0 Å². The molecular formula is C13H9F4N3OS. The number of anilines is 1. The van der Waals surface area contributed by atoms with Crippen molar-refractivity contribution >= 4 is 22.4 Å². The number of aromatic nitrogens is 2. The highest BCUT2D eigenvalue weighted by atomic mass is 32.1. The Morgan fingerprint density at radius 1 is 1.32 bits per heavy atom. The van der Waals surface area contributed by atoms with Gasteiger partial charge in [-0.05, 0) is 24.0 Å². The number of carbonyl (C=O) groups is 1. The molecular weight excluding hydrogens is 322 g/mol. The minimum absolute atomic E-state index is 0.0227. The molecule has 1 amide bonds. The van der Waals surface area contributed by atoms with Gasteiger partial charge in [-0.3, -0.25) is 4.79 Å². The molecule has 4 nitrogen and oxygen atoms in total.